The van der Waals surface area contributed by atoms with E-state index in [1.165, 1.54) is 5.56 Å². The number of nitrogens with one attached hydrogen (secondary N) is 1. The van der Waals surface area contributed by atoms with Crippen LogP contribution in [0.15, 0.2) is 35.4 Å². The average Bonchev–Trinajstić information content (AvgIpc) is 3.27. The smallest absolute Gasteiger partial charge is 0.475 e. The van der Waals surface area contributed by atoms with Crippen molar-refractivity contribution in [2.24, 2.45) is 11.8 Å². The largest absolute Gasteiger partial charge is 0.490 e. The Balaban J connectivity index is 0.000000360. The number of hydrogen-bond acceptors (Lipinski definition) is 7. The highest BCUT2D eigenvalue weighted by Crippen LogP contribution is 2.34. The molecule has 0 saturated carbocycles. The fraction of sp³-hybridized carbons (Fsp3) is 0.500. The maximum Gasteiger partial charge on any atom is 0.490 e. The fourth-order valence-electron chi connectivity index (χ4n) is 3.88. The lowest BCUT2D eigenvalue weighted by Crippen LogP contribution is -2.52. The molecule has 0 radical (unpaired) electrons. The summed E-state index contributed by atoms with van der Waals surface area (Å²) in [7, 11) is 0. The Labute approximate surface area is 186 Å². The minimum atomic E-state index is -5.08. The summed E-state index contributed by atoms with van der Waals surface area (Å²) in [6.07, 6.45) is 1.63. The van der Waals surface area contributed by atoms with Gasteiger partial charge in [-0.25, -0.2) is 9.78 Å². The molecule has 0 aromatic carbocycles. The SMILES string of the molecule is O=C(Nc1cnccn1)[C@@H]1CCO[C@@H]2CCN(Cc3ccsc3)C[C@@H]21.O=C(O)C(F)(F)F. The number of carbonyl (C=O) groups is 2. The van der Waals surface area contributed by atoms with Gasteiger partial charge in [-0.15, -0.1) is 0 Å². The van der Waals surface area contributed by atoms with Crippen LogP contribution in [0.2, 0.25) is 0 Å². The number of anilines is 1. The second kappa shape index (κ2) is 10.8. The van der Waals surface area contributed by atoms with Crippen molar-refractivity contribution in [3.8, 4) is 0 Å². The molecule has 3 atom stereocenters. The molecule has 2 fully saturated rings. The summed E-state index contributed by atoms with van der Waals surface area (Å²) in [6.45, 7) is 3.53. The second-order valence-electron chi connectivity index (χ2n) is 7.51. The maximum absolute atomic E-state index is 12.8. The summed E-state index contributed by atoms with van der Waals surface area (Å²) in [5, 5.41) is 14.4. The van der Waals surface area contributed by atoms with Gasteiger partial charge in [-0.1, -0.05) is 0 Å². The molecule has 12 heteroatoms. The van der Waals surface area contributed by atoms with Crippen molar-refractivity contribution < 1.29 is 32.6 Å². The first-order valence-corrected chi connectivity index (χ1v) is 10.9. The number of carbonyl (C=O) groups excluding carboxylic acids is 1. The van der Waals surface area contributed by atoms with Crippen molar-refractivity contribution in [2.45, 2.75) is 31.7 Å². The van der Waals surface area contributed by atoms with E-state index in [9.17, 15) is 18.0 Å². The van der Waals surface area contributed by atoms with Crippen LogP contribution >= 0.6 is 11.3 Å². The van der Waals surface area contributed by atoms with E-state index >= 15 is 0 Å². The predicted octanol–water partition coefficient (Wildman–Crippen LogP) is 3.04. The number of fused-ring (bicyclic) bond motifs is 1. The Hall–Kier alpha value is -2.57. The van der Waals surface area contributed by atoms with E-state index in [0.717, 1.165) is 32.5 Å². The predicted molar refractivity (Wildman–Crippen MR) is 110 cm³/mol. The molecule has 2 N–H and O–H groups in total. The summed E-state index contributed by atoms with van der Waals surface area (Å²) in [5.74, 6) is -2.01. The van der Waals surface area contributed by atoms with Crippen molar-refractivity contribution in [3.63, 3.8) is 0 Å². The van der Waals surface area contributed by atoms with Crippen LogP contribution in [-0.4, -0.2) is 63.8 Å². The zero-order valence-electron chi connectivity index (χ0n) is 17.0. The molecule has 32 heavy (non-hydrogen) atoms. The van der Waals surface area contributed by atoms with Gasteiger partial charge in [0, 0.05) is 50.5 Å². The highest BCUT2D eigenvalue weighted by atomic mass is 32.1. The van der Waals surface area contributed by atoms with Crippen LogP contribution in [0.5, 0.6) is 0 Å². The highest BCUT2D eigenvalue weighted by molar-refractivity contribution is 7.07. The molecular weight excluding hydrogens is 449 g/mol. The number of aromatic nitrogens is 2. The number of thiophene rings is 1. The molecule has 0 spiro atoms. The monoisotopic (exact) mass is 472 g/mol. The maximum atomic E-state index is 12.8. The lowest BCUT2D eigenvalue weighted by molar-refractivity contribution is -0.192. The number of likely N-dealkylation sites (tertiary alicyclic amines) is 1. The van der Waals surface area contributed by atoms with Gasteiger partial charge in [0.1, 0.15) is 0 Å². The minimum Gasteiger partial charge on any atom is -0.475 e. The molecule has 1 amide bonds. The van der Waals surface area contributed by atoms with Gasteiger partial charge in [0.15, 0.2) is 5.82 Å². The molecule has 4 rings (SSSR count). The van der Waals surface area contributed by atoms with E-state index in [1.54, 1.807) is 29.9 Å². The molecule has 2 aliphatic rings. The highest BCUT2D eigenvalue weighted by Gasteiger charge is 2.41. The number of rotatable bonds is 4. The molecule has 2 aliphatic heterocycles. The zero-order chi connectivity index (χ0) is 23.1. The molecule has 174 valence electrons. The van der Waals surface area contributed by atoms with Gasteiger partial charge in [-0.05, 0) is 35.2 Å². The molecule has 2 aromatic heterocycles. The second-order valence-corrected chi connectivity index (χ2v) is 8.29. The minimum absolute atomic E-state index is 0.0361. The molecule has 4 heterocycles. The Morgan fingerprint density at radius 1 is 1.31 bits per heavy atom. The number of piperidine rings is 1. The van der Waals surface area contributed by atoms with E-state index in [1.807, 2.05) is 0 Å². The summed E-state index contributed by atoms with van der Waals surface area (Å²) in [4.78, 5) is 32.3. The van der Waals surface area contributed by atoms with Crippen LogP contribution in [0.3, 0.4) is 0 Å². The first kappa shape index (κ1) is 24.1. The third kappa shape index (κ3) is 6.71. The molecule has 2 aromatic rings. The van der Waals surface area contributed by atoms with Gasteiger partial charge in [0.25, 0.3) is 0 Å². The number of halogens is 3. The Bertz CT molecular complexity index is 883. The van der Waals surface area contributed by atoms with Gasteiger partial charge >= 0.3 is 12.1 Å². The van der Waals surface area contributed by atoms with Crippen LogP contribution in [0, 0.1) is 11.8 Å². The lowest BCUT2D eigenvalue weighted by atomic mass is 9.79. The third-order valence-corrected chi connectivity index (χ3v) is 6.07. The topological polar surface area (TPSA) is 105 Å². The number of carboxylic acids is 1. The van der Waals surface area contributed by atoms with Crippen molar-refractivity contribution in [2.75, 3.05) is 25.0 Å². The third-order valence-electron chi connectivity index (χ3n) is 5.33. The molecule has 0 unspecified atom stereocenters. The van der Waals surface area contributed by atoms with Crippen LogP contribution in [0.25, 0.3) is 0 Å². The van der Waals surface area contributed by atoms with Crippen molar-refractivity contribution in [3.05, 3.63) is 41.0 Å². The summed E-state index contributed by atoms with van der Waals surface area (Å²) >= 11 is 1.73. The number of alkyl halides is 3. The Morgan fingerprint density at radius 3 is 2.72 bits per heavy atom. The Kier molecular flexibility index (Phi) is 8.15. The number of carboxylic acid groups (broad SMARTS) is 1. The molecule has 0 bridgehead atoms. The summed E-state index contributed by atoms with van der Waals surface area (Å²) < 4.78 is 37.7. The first-order valence-electron chi connectivity index (χ1n) is 9.96. The summed E-state index contributed by atoms with van der Waals surface area (Å²) in [6, 6.07) is 2.17. The first-order chi connectivity index (χ1) is 15.2. The van der Waals surface area contributed by atoms with Crippen molar-refractivity contribution in [1.82, 2.24) is 14.9 Å². The van der Waals surface area contributed by atoms with E-state index in [2.05, 4.69) is 37.0 Å². The number of ether oxygens (including phenoxy) is 1. The van der Waals surface area contributed by atoms with Crippen LogP contribution in [0.4, 0.5) is 19.0 Å². The van der Waals surface area contributed by atoms with Gasteiger partial charge in [-0.3, -0.25) is 14.7 Å². The van der Waals surface area contributed by atoms with Crippen LogP contribution < -0.4 is 5.32 Å². The van der Waals surface area contributed by atoms with Crippen LogP contribution in [-0.2, 0) is 20.9 Å². The van der Waals surface area contributed by atoms with Crippen molar-refractivity contribution >= 4 is 29.0 Å². The molecule has 0 aliphatic carbocycles. The van der Waals surface area contributed by atoms with Crippen molar-refractivity contribution in [1.29, 1.82) is 0 Å². The van der Waals surface area contributed by atoms with E-state index in [4.69, 9.17) is 14.6 Å². The zero-order valence-corrected chi connectivity index (χ0v) is 17.8. The summed E-state index contributed by atoms with van der Waals surface area (Å²) in [5.41, 5.74) is 1.35. The lowest BCUT2D eigenvalue weighted by Gasteiger charge is -2.44. The number of amides is 1. The standard InChI is InChI=1S/C18H22N4O2S.C2HF3O2/c23-18(21-17-9-19-4-5-20-17)14-2-7-24-16-1-6-22(11-15(14)16)10-13-3-8-25-12-13;3-2(4,5)1(6)7/h3-5,8-9,12,14-16H,1-2,6-7,10-11H2,(H,20,21,23);(H,6,7)/t14-,15-,16-;/m1./s1. The van der Waals surface area contributed by atoms with Gasteiger partial charge in [0.05, 0.1) is 12.3 Å². The molecule has 2 saturated heterocycles. The molecular formula is C20H23F3N4O4S. The van der Waals surface area contributed by atoms with Gasteiger partial charge < -0.3 is 15.2 Å². The van der Waals surface area contributed by atoms with E-state index in [0.29, 0.717) is 12.4 Å². The number of aliphatic carboxylic acids is 1. The fourth-order valence-corrected chi connectivity index (χ4v) is 4.54. The normalized spacial score (nSPS) is 23.4. The van der Waals surface area contributed by atoms with E-state index in [-0.39, 0.29) is 23.8 Å². The van der Waals surface area contributed by atoms with Gasteiger partial charge in [0.2, 0.25) is 5.91 Å². The quantitative estimate of drug-likeness (QED) is 0.705. The number of nitrogens with zero attached hydrogens (tertiary/aromatic N) is 3. The average molecular weight is 472 g/mol. The number of hydrogen-bond donors (Lipinski definition) is 2. The molecule has 8 nitrogen and oxygen atoms in total. The van der Waals surface area contributed by atoms with E-state index < -0.39 is 12.1 Å². The van der Waals surface area contributed by atoms with Gasteiger partial charge in [-0.2, -0.15) is 24.5 Å². The Morgan fingerprint density at radius 2 is 2.09 bits per heavy atom. The van der Waals surface area contributed by atoms with Crippen LogP contribution in [0.1, 0.15) is 18.4 Å².